The van der Waals surface area contributed by atoms with Crippen LogP contribution in [0.5, 0.6) is 11.5 Å². The number of sulfonamides is 1. The minimum atomic E-state index is -3.89. The summed E-state index contributed by atoms with van der Waals surface area (Å²) in [5.74, 6) is -0.0909. The lowest BCUT2D eigenvalue weighted by Gasteiger charge is -2.32. The summed E-state index contributed by atoms with van der Waals surface area (Å²) < 4.78 is 44.2. The molecule has 0 aliphatic carbocycles. The van der Waals surface area contributed by atoms with Crippen molar-refractivity contribution in [3.8, 4) is 11.5 Å². The van der Waals surface area contributed by atoms with Gasteiger partial charge in [-0.15, -0.1) is 0 Å². The first-order chi connectivity index (χ1) is 16.0. The Kier molecular flexibility index (Phi) is 7.71. The number of esters is 1. The quantitative estimate of drug-likeness (QED) is 0.564. The second kappa shape index (κ2) is 10.3. The molecule has 2 aromatic carbocycles. The summed E-state index contributed by atoms with van der Waals surface area (Å²) in [7, 11) is -3.89. The van der Waals surface area contributed by atoms with E-state index in [2.05, 4.69) is 4.72 Å². The zero-order valence-electron chi connectivity index (χ0n) is 19.9. The number of nitrogens with one attached hydrogen (secondary N) is 1. The molecule has 1 heterocycles. The maximum absolute atomic E-state index is 12.8. The van der Waals surface area contributed by atoms with E-state index in [1.54, 1.807) is 11.0 Å². The Morgan fingerprint density at radius 3 is 2.09 bits per heavy atom. The molecular weight excluding hydrogens is 460 g/mol. The molecule has 34 heavy (non-hydrogen) atoms. The van der Waals surface area contributed by atoms with Gasteiger partial charge in [0.2, 0.25) is 0 Å². The average molecular weight is 491 g/mol. The first-order valence-corrected chi connectivity index (χ1v) is 12.5. The summed E-state index contributed by atoms with van der Waals surface area (Å²) in [6.45, 7) is 9.89. The van der Waals surface area contributed by atoms with Crippen molar-refractivity contribution in [3.63, 3.8) is 0 Å². The second-order valence-corrected chi connectivity index (χ2v) is 10.2. The molecule has 2 aromatic rings. The predicted molar refractivity (Wildman–Crippen MR) is 127 cm³/mol. The number of benzene rings is 2. The van der Waals surface area contributed by atoms with E-state index in [1.165, 1.54) is 43.3 Å². The van der Waals surface area contributed by atoms with E-state index < -0.39 is 22.1 Å². The number of hydrogen-bond donors (Lipinski definition) is 1. The number of hydrogen-bond acceptors (Lipinski definition) is 7. The van der Waals surface area contributed by atoms with Crippen LogP contribution < -0.4 is 14.2 Å². The second-order valence-electron chi connectivity index (χ2n) is 8.47. The van der Waals surface area contributed by atoms with E-state index in [9.17, 15) is 18.0 Å². The van der Waals surface area contributed by atoms with Gasteiger partial charge in [-0.25, -0.2) is 13.2 Å². The molecule has 1 atom stereocenters. The van der Waals surface area contributed by atoms with Crippen LogP contribution in [0.4, 0.5) is 5.69 Å². The molecule has 1 unspecified atom stereocenters. The van der Waals surface area contributed by atoms with Crippen LogP contribution in [0, 0.1) is 0 Å². The van der Waals surface area contributed by atoms with Crippen molar-refractivity contribution in [3.05, 3.63) is 48.0 Å². The summed E-state index contributed by atoms with van der Waals surface area (Å²) in [5, 5.41) is 0. The third-order valence-corrected chi connectivity index (χ3v) is 6.57. The molecule has 0 radical (unpaired) electrons. The number of ether oxygens (including phenoxy) is 3. The van der Waals surface area contributed by atoms with Gasteiger partial charge in [-0.3, -0.25) is 9.52 Å². The first-order valence-electron chi connectivity index (χ1n) is 11.1. The maximum atomic E-state index is 12.8. The molecule has 0 saturated heterocycles. The SMILES string of the molecule is CC(OC(=O)c1ccc(NS(=O)(=O)c2ccc3c(c2)OCCO3)cc1)C(=O)N(C(C)C)C(C)C. The molecule has 0 bridgehead atoms. The van der Waals surface area contributed by atoms with E-state index >= 15 is 0 Å². The standard InChI is InChI=1S/C24H30N2O7S/c1-15(2)26(16(3)4)23(27)17(5)33-24(28)18-6-8-19(9-7-18)25-34(29,30)20-10-11-21-22(14-20)32-13-12-31-21/h6-11,14-17,25H,12-13H2,1-5H3. The van der Waals surface area contributed by atoms with Crippen molar-refractivity contribution >= 4 is 27.6 Å². The topological polar surface area (TPSA) is 111 Å². The molecule has 1 N–H and O–H groups in total. The highest BCUT2D eigenvalue weighted by Gasteiger charge is 2.28. The molecule has 0 saturated carbocycles. The molecule has 10 heteroatoms. The molecule has 184 valence electrons. The Morgan fingerprint density at radius 2 is 1.50 bits per heavy atom. The Morgan fingerprint density at radius 1 is 0.912 bits per heavy atom. The Hall–Kier alpha value is -3.27. The van der Waals surface area contributed by atoms with Gasteiger partial charge >= 0.3 is 5.97 Å². The molecule has 9 nitrogen and oxygen atoms in total. The molecule has 0 fully saturated rings. The highest BCUT2D eigenvalue weighted by Crippen LogP contribution is 2.32. The van der Waals surface area contributed by atoms with Gasteiger partial charge in [0.1, 0.15) is 13.2 Å². The van der Waals surface area contributed by atoms with E-state index in [0.29, 0.717) is 24.7 Å². The number of rotatable bonds is 8. The van der Waals surface area contributed by atoms with Crippen molar-refractivity contribution in [1.82, 2.24) is 4.90 Å². The first kappa shape index (κ1) is 25.4. The largest absolute Gasteiger partial charge is 0.486 e. The third kappa shape index (κ3) is 5.80. The molecule has 0 aromatic heterocycles. The Balaban J connectivity index is 1.66. The molecule has 1 aliphatic heterocycles. The summed E-state index contributed by atoms with van der Waals surface area (Å²) >= 11 is 0. The van der Waals surface area contributed by atoms with Gasteiger partial charge in [-0.2, -0.15) is 0 Å². The van der Waals surface area contributed by atoms with E-state index in [-0.39, 0.29) is 34.1 Å². The zero-order chi connectivity index (χ0) is 25.0. The van der Waals surface area contributed by atoms with Crippen LogP contribution >= 0.6 is 0 Å². The van der Waals surface area contributed by atoms with Crippen LogP contribution in [0.3, 0.4) is 0 Å². The summed E-state index contributed by atoms with van der Waals surface area (Å²) in [5.41, 5.74) is 0.462. The molecule has 0 spiro atoms. The molecule has 1 amide bonds. The predicted octanol–water partition coefficient (Wildman–Crippen LogP) is 3.45. The highest BCUT2D eigenvalue weighted by molar-refractivity contribution is 7.92. The molecule has 1 aliphatic rings. The zero-order valence-corrected chi connectivity index (χ0v) is 20.7. The minimum absolute atomic E-state index is 0.0208. The number of carbonyl (C=O) groups is 2. The summed E-state index contributed by atoms with van der Waals surface area (Å²) in [6.07, 6.45) is -0.953. The fourth-order valence-corrected chi connectivity index (χ4v) is 4.75. The van der Waals surface area contributed by atoms with Gasteiger partial charge in [-0.1, -0.05) is 0 Å². The monoisotopic (exact) mass is 490 g/mol. The van der Waals surface area contributed by atoms with Gasteiger partial charge in [0.25, 0.3) is 15.9 Å². The van der Waals surface area contributed by atoms with Gasteiger partial charge in [0.15, 0.2) is 17.6 Å². The van der Waals surface area contributed by atoms with Gasteiger partial charge in [-0.05, 0) is 71.0 Å². The summed E-state index contributed by atoms with van der Waals surface area (Å²) in [4.78, 5) is 26.9. The summed E-state index contributed by atoms with van der Waals surface area (Å²) in [6, 6.07) is 10.1. The van der Waals surface area contributed by atoms with Crippen molar-refractivity contribution in [1.29, 1.82) is 0 Å². The smallest absolute Gasteiger partial charge is 0.338 e. The van der Waals surface area contributed by atoms with E-state index in [1.807, 2.05) is 27.7 Å². The number of carbonyl (C=O) groups excluding carboxylic acids is 2. The third-order valence-electron chi connectivity index (χ3n) is 5.20. The average Bonchev–Trinajstić information content (AvgIpc) is 2.78. The van der Waals surface area contributed by atoms with Gasteiger partial charge in [0.05, 0.1) is 10.5 Å². The Bertz CT molecular complexity index is 1140. The number of amides is 1. The minimum Gasteiger partial charge on any atom is -0.486 e. The number of anilines is 1. The lowest BCUT2D eigenvalue weighted by molar-refractivity contribution is -0.143. The molecule has 3 rings (SSSR count). The van der Waals surface area contributed by atoms with Gasteiger partial charge < -0.3 is 19.1 Å². The van der Waals surface area contributed by atoms with Crippen molar-refractivity contribution in [2.75, 3.05) is 17.9 Å². The van der Waals surface area contributed by atoms with E-state index in [0.717, 1.165) is 0 Å². The van der Waals surface area contributed by atoms with Crippen LogP contribution in [-0.4, -0.2) is 56.6 Å². The normalized spacial score (nSPS) is 14.0. The van der Waals surface area contributed by atoms with Crippen molar-refractivity contribution < 1.29 is 32.2 Å². The fourth-order valence-electron chi connectivity index (χ4n) is 3.67. The Labute approximate surface area is 200 Å². The number of nitrogens with zero attached hydrogens (tertiary/aromatic N) is 1. The molecular formula is C24H30N2O7S. The van der Waals surface area contributed by atoms with Gasteiger partial charge in [0, 0.05) is 23.8 Å². The number of fused-ring (bicyclic) bond motifs is 1. The van der Waals surface area contributed by atoms with Crippen LogP contribution in [0.15, 0.2) is 47.4 Å². The lowest BCUT2D eigenvalue weighted by Crippen LogP contribution is -2.47. The van der Waals surface area contributed by atoms with E-state index in [4.69, 9.17) is 14.2 Å². The van der Waals surface area contributed by atoms with Crippen LogP contribution in [0.1, 0.15) is 45.0 Å². The van der Waals surface area contributed by atoms with Crippen LogP contribution in [0.25, 0.3) is 0 Å². The van der Waals surface area contributed by atoms with Crippen LogP contribution in [0.2, 0.25) is 0 Å². The highest BCUT2D eigenvalue weighted by atomic mass is 32.2. The van der Waals surface area contributed by atoms with Crippen molar-refractivity contribution in [2.45, 2.75) is 57.7 Å². The van der Waals surface area contributed by atoms with Crippen LogP contribution in [-0.2, 0) is 19.6 Å². The van der Waals surface area contributed by atoms with Crippen molar-refractivity contribution in [2.24, 2.45) is 0 Å². The maximum Gasteiger partial charge on any atom is 0.338 e. The lowest BCUT2D eigenvalue weighted by atomic mass is 10.2. The fraction of sp³-hybridized carbons (Fsp3) is 0.417.